The number of hydrogen-bond donors (Lipinski definition) is 1. The van der Waals surface area contributed by atoms with Gasteiger partial charge in [-0.25, -0.2) is 9.97 Å². The number of nitrogens with two attached hydrogens (primary N) is 1. The lowest BCUT2D eigenvalue weighted by molar-refractivity contribution is 0.521. The Kier molecular flexibility index (Phi) is 3.66. The van der Waals surface area contributed by atoms with Gasteiger partial charge in [0.15, 0.2) is 5.65 Å². The van der Waals surface area contributed by atoms with Gasteiger partial charge < -0.3 is 10.3 Å². The fourth-order valence-electron chi connectivity index (χ4n) is 2.11. The Morgan fingerprint density at radius 3 is 2.72 bits per heavy atom. The summed E-state index contributed by atoms with van der Waals surface area (Å²) >= 11 is 0. The molecule has 4 nitrogen and oxygen atoms in total. The molecule has 0 aliphatic heterocycles. The first-order chi connectivity index (χ1) is 8.52. The highest BCUT2D eigenvalue weighted by atomic mass is 15.1. The second-order valence-electron chi connectivity index (χ2n) is 5.26. The van der Waals surface area contributed by atoms with Crippen molar-refractivity contribution in [3.05, 3.63) is 23.7 Å². The molecule has 98 valence electrons. The second kappa shape index (κ2) is 5.06. The highest BCUT2D eigenvalue weighted by Crippen LogP contribution is 2.21. The van der Waals surface area contributed by atoms with Gasteiger partial charge >= 0.3 is 0 Å². The summed E-state index contributed by atoms with van der Waals surface area (Å²) in [7, 11) is 0. The van der Waals surface area contributed by atoms with Gasteiger partial charge in [-0.05, 0) is 25.0 Å². The summed E-state index contributed by atoms with van der Waals surface area (Å²) in [6.07, 6.45) is 2.85. The lowest BCUT2D eigenvalue weighted by Gasteiger charge is -2.14. The number of fused-ring (bicyclic) bond motifs is 1. The average molecular weight is 246 g/mol. The summed E-state index contributed by atoms with van der Waals surface area (Å²) in [5, 5.41) is 0. The van der Waals surface area contributed by atoms with Crippen molar-refractivity contribution in [2.45, 2.75) is 52.6 Å². The maximum atomic E-state index is 6.08. The lowest BCUT2D eigenvalue weighted by Crippen LogP contribution is -2.26. The molecule has 0 amide bonds. The molecule has 0 saturated heterocycles. The number of hydrogen-bond acceptors (Lipinski definition) is 3. The minimum Gasteiger partial charge on any atom is -0.326 e. The molecule has 0 fully saturated rings. The zero-order valence-electron chi connectivity index (χ0n) is 11.6. The van der Waals surface area contributed by atoms with Crippen LogP contribution in [0.5, 0.6) is 0 Å². The third kappa shape index (κ3) is 2.38. The SMILES string of the molecule is CCC(N)Cn1c(C(C)C)nc2cc(C)cnc21. The molecule has 1 atom stereocenters. The molecule has 2 heterocycles. The molecule has 1 unspecified atom stereocenters. The Balaban J connectivity index is 2.55. The third-order valence-corrected chi connectivity index (χ3v) is 3.21. The monoisotopic (exact) mass is 246 g/mol. The zero-order valence-corrected chi connectivity index (χ0v) is 11.6. The van der Waals surface area contributed by atoms with Gasteiger partial charge in [0.25, 0.3) is 0 Å². The Morgan fingerprint density at radius 1 is 1.39 bits per heavy atom. The van der Waals surface area contributed by atoms with E-state index in [9.17, 15) is 0 Å². The molecule has 18 heavy (non-hydrogen) atoms. The van der Waals surface area contributed by atoms with Gasteiger partial charge in [0.1, 0.15) is 11.3 Å². The van der Waals surface area contributed by atoms with Crippen molar-refractivity contribution in [1.82, 2.24) is 14.5 Å². The van der Waals surface area contributed by atoms with Crippen molar-refractivity contribution in [3.63, 3.8) is 0 Å². The van der Waals surface area contributed by atoms with E-state index in [1.54, 1.807) is 0 Å². The maximum absolute atomic E-state index is 6.08. The molecule has 2 N–H and O–H groups in total. The molecule has 0 aliphatic carbocycles. The fraction of sp³-hybridized carbons (Fsp3) is 0.571. The van der Waals surface area contributed by atoms with E-state index >= 15 is 0 Å². The van der Waals surface area contributed by atoms with Gasteiger partial charge in [-0.3, -0.25) is 0 Å². The highest BCUT2D eigenvalue weighted by Gasteiger charge is 2.16. The Hall–Kier alpha value is -1.42. The highest BCUT2D eigenvalue weighted by molar-refractivity contribution is 5.72. The topological polar surface area (TPSA) is 56.7 Å². The second-order valence-corrected chi connectivity index (χ2v) is 5.26. The van der Waals surface area contributed by atoms with E-state index in [0.717, 1.165) is 35.5 Å². The van der Waals surface area contributed by atoms with Gasteiger partial charge in [-0.1, -0.05) is 20.8 Å². The Morgan fingerprint density at radius 2 is 2.11 bits per heavy atom. The molecular formula is C14H22N4. The predicted octanol–water partition coefficient (Wildman–Crippen LogP) is 2.60. The van der Waals surface area contributed by atoms with Crippen LogP contribution in [0.3, 0.4) is 0 Å². The molecule has 0 aromatic carbocycles. The Bertz CT molecular complexity index is 542. The first-order valence-corrected chi connectivity index (χ1v) is 6.61. The lowest BCUT2D eigenvalue weighted by atomic mass is 10.2. The van der Waals surface area contributed by atoms with E-state index in [-0.39, 0.29) is 6.04 Å². The first kappa shape index (κ1) is 13.0. The summed E-state index contributed by atoms with van der Waals surface area (Å²) in [4.78, 5) is 9.22. The van der Waals surface area contributed by atoms with Crippen LogP contribution in [0.25, 0.3) is 11.2 Å². The standard InChI is InChI=1S/C14H22N4/c1-5-11(15)8-18-13(9(2)3)17-12-6-10(4)7-16-14(12)18/h6-7,9,11H,5,8,15H2,1-4H3. The van der Waals surface area contributed by atoms with Crippen LogP contribution in [-0.2, 0) is 6.54 Å². The van der Waals surface area contributed by atoms with Crippen LogP contribution >= 0.6 is 0 Å². The minimum absolute atomic E-state index is 0.156. The molecule has 0 radical (unpaired) electrons. The third-order valence-electron chi connectivity index (χ3n) is 3.21. The average Bonchev–Trinajstić information content (AvgIpc) is 2.67. The van der Waals surface area contributed by atoms with Crippen LogP contribution in [0.2, 0.25) is 0 Å². The van der Waals surface area contributed by atoms with Gasteiger partial charge in [0, 0.05) is 24.7 Å². The molecular weight excluding hydrogens is 224 g/mol. The molecule has 4 heteroatoms. The number of imidazole rings is 1. The number of aryl methyl sites for hydroxylation is 1. The van der Waals surface area contributed by atoms with E-state index in [4.69, 9.17) is 10.7 Å². The summed E-state index contributed by atoms with van der Waals surface area (Å²) in [5.41, 5.74) is 9.14. The maximum Gasteiger partial charge on any atom is 0.160 e. The Labute approximate surface area is 108 Å². The van der Waals surface area contributed by atoms with Gasteiger partial charge in [-0.2, -0.15) is 0 Å². The van der Waals surface area contributed by atoms with Crippen LogP contribution in [0.15, 0.2) is 12.3 Å². The fourth-order valence-corrected chi connectivity index (χ4v) is 2.11. The van der Waals surface area contributed by atoms with Crippen LogP contribution < -0.4 is 5.73 Å². The van der Waals surface area contributed by atoms with Crippen molar-refractivity contribution >= 4 is 11.2 Å². The number of nitrogens with zero attached hydrogens (tertiary/aromatic N) is 3. The number of pyridine rings is 1. The van der Waals surface area contributed by atoms with Crippen LogP contribution in [0, 0.1) is 6.92 Å². The summed E-state index contributed by atoms with van der Waals surface area (Å²) in [6, 6.07) is 2.24. The summed E-state index contributed by atoms with van der Waals surface area (Å²) in [6.45, 7) is 9.25. The smallest absolute Gasteiger partial charge is 0.160 e. The van der Waals surface area contributed by atoms with E-state index < -0.39 is 0 Å². The van der Waals surface area contributed by atoms with Gasteiger partial charge in [-0.15, -0.1) is 0 Å². The minimum atomic E-state index is 0.156. The van der Waals surface area contributed by atoms with Crippen molar-refractivity contribution < 1.29 is 0 Å². The van der Waals surface area contributed by atoms with E-state index in [1.807, 2.05) is 13.1 Å². The number of rotatable bonds is 4. The van der Waals surface area contributed by atoms with E-state index in [2.05, 4.69) is 36.4 Å². The zero-order chi connectivity index (χ0) is 13.3. The predicted molar refractivity (Wildman–Crippen MR) is 74.6 cm³/mol. The molecule has 0 bridgehead atoms. The molecule has 0 saturated carbocycles. The summed E-state index contributed by atoms with van der Waals surface area (Å²) < 4.78 is 2.17. The molecule has 0 spiro atoms. The number of aromatic nitrogens is 3. The van der Waals surface area contributed by atoms with Gasteiger partial charge in [0.2, 0.25) is 0 Å². The van der Waals surface area contributed by atoms with Crippen LogP contribution in [0.1, 0.15) is 44.5 Å². The van der Waals surface area contributed by atoms with Crippen LogP contribution in [-0.4, -0.2) is 20.6 Å². The molecule has 0 aliphatic rings. The van der Waals surface area contributed by atoms with E-state index in [1.165, 1.54) is 0 Å². The molecule has 2 rings (SSSR count). The van der Waals surface area contributed by atoms with Crippen molar-refractivity contribution in [1.29, 1.82) is 0 Å². The van der Waals surface area contributed by atoms with Crippen LogP contribution in [0.4, 0.5) is 0 Å². The van der Waals surface area contributed by atoms with Crippen molar-refractivity contribution in [3.8, 4) is 0 Å². The molecule has 2 aromatic rings. The molecule has 2 aromatic heterocycles. The first-order valence-electron chi connectivity index (χ1n) is 6.61. The van der Waals surface area contributed by atoms with Gasteiger partial charge in [0.05, 0.1) is 0 Å². The van der Waals surface area contributed by atoms with E-state index in [0.29, 0.717) is 5.92 Å². The summed E-state index contributed by atoms with van der Waals surface area (Å²) in [5.74, 6) is 1.45. The van der Waals surface area contributed by atoms with Crippen molar-refractivity contribution in [2.75, 3.05) is 0 Å². The quantitative estimate of drug-likeness (QED) is 0.902. The van der Waals surface area contributed by atoms with Crippen molar-refractivity contribution in [2.24, 2.45) is 5.73 Å². The largest absolute Gasteiger partial charge is 0.326 e. The normalized spacial score (nSPS) is 13.4.